The molecule has 0 radical (unpaired) electrons. The Balaban J connectivity index is 1.90. The molecule has 0 saturated heterocycles. The van der Waals surface area contributed by atoms with Crippen LogP contribution in [0, 0.1) is 0 Å². The molecule has 1 heterocycles. The maximum Gasteiger partial charge on any atom is 0.269 e. The summed E-state index contributed by atoms with van der Waals surface area (Å²) in [5.41, 5.74) is 1.51. The third-order valence-corrected chi connectivity index (χ3v) is 4.23. The quantitative estimate of drug-likeness (QED) is 0.575. The fourth-order valence-electron chi connectivity index (χ4n) is 2.57. The molecule has 0 aliphatic heterocycles. The Labute approximate surface area is 167 Å². The zero-order valence-corrected chi connectivity index (χ0v) is 16.6. The Morgan fingerprint density at radius 2 is 1.57 bits per heavy atom. The van der Waals surface area contributed by atoms with Crippen molar-refractivity contribution in [1.82, 2.24) is 10.1 Å². The second-order valence-electron chi connectivity index (χ2n) is 5.60. The number of rotatable bonds is 7. The molecule has 0 fully saturated rings. The van der Waals surface area contributed by atoms with Crippen molar-refractivity contribution in [3.05, 3.63) is 47.9 Å². The van der Waals surface area contributed by atoms with Crippen LogP contribution >= 0.6 is 11.6 Å². The van der Waals surface area contributed by atoms with Gasteiger partial charge in [-0.05, 0) is 48.0 Å². The van der Waals surface area contributed by atoms with E-state index in [1.54, 1.807) is 46.6 Å². The van der Waals surface area contributed by atoms with Gasteiger partial charge in [0.2, 0.25) is 11.6 Å². The molecule has 0 amide bonds. The Bertz CT molecular complexity index is 958. The number of hydrogen-bond donors (Lipinski definition) is 0. The molecule has 0 aliphatic carbocycles. The van der Waals surface area contributed by atoms with Crippen LogP contribution in [0.2, 0.25) is 0 Å². The van der Waals surface area contributed by atoms with Crippen molar-refractivity contribution in [2.45, 2.75) is 0 Å². The number of methoxy groups -OCH3 is 4. The normalized spacial score (nSPS) is 11.2. The van der Waals surface area contributed by atoms with E-state index < -0.39 is 0 Å². The summed E-state index contributed by atoms with van der Waals surface area (Å²) in [4.78, 5) is 4.34. The molecule has 7 nitrogen and oxygen atoms in total. The standard InChI is InChI=1S/C20H19ClN2O5/c1-24-14-7-5-13(6-8-14)19-22-20(28-23-19)15(21)9-12-10-16(25-2)18(27-4)17(11-12)26-3/h5-11H,1-4H3/b15-9-. The largest absolute Gasteiger partial charge is 0.497 e. The molecule has 146 valence electrons. The van der Waals surface area contributed by atoms with Crippen LogP contribution in [-0.4, -0.2) is 38.6 Å². The number of halogens is 1. The fraction of sp³-hybridized carbons (Fsp3) is 0.200. The van der Waals surface area contributed by atoms with Gasteiger partial charge in [-0.15, -0.1) is 0 Å². The lowest BCUT2D eigenvalue weighted by atomic mass is 10.1. The molecule has 3 rings (SSSR count). The van der Waals surface area contributed by atoms with Crippen LogP contribution in [0.5, 0.6) is 23.0 Å². The van der Waals surface area contributed by atoms with Gasteiger partial charge < -0.3 is 23.5 Å². The van der Waals surface area contributed by atoms with Gasteiger partial charge in [0.15, 0.2) is 11.5 Å². The molecule has 2 aromatic carbocycles. The van der Waals surface area contributed by atoms with Gasteiger partial charge in [0.05, 0.1) is 28.4 Å². The van der Waals surface area contributed by atoms with Crippen LogP contribution in [0.1, 0.15) is 11.5 Å². The molecule has 0 N–H and O–H groups in total. The highest BCUT2D eigenvalue weighted by molar-refractivity contribution is 6.50. The molecular formula is C20H19ClN2O5. The average molecular weight is 403 g/mol. The fourth-order valence-corrected chi connectivity index (χ4v) is 2.77. The number of hydrogen-bond acceptors (Lipinski definition) is 7. The van der Waals surface area contributed by atoms with Gasteiger partial charge in [-0.2, -0.15) is 4.98 Å². The van der Waals surface area contributed by atoms with Gasteiger partial charge in [0.25, 0.3) is 5.89 Å². The van der Waals surface area contributed by atoms with Crippen LogP contribution in [-0.2, 0) is 0 Å². The predicted octanol–water partition coefficient (Wildman–Crippen LogP) is 4.51. The lowest BCUT2D eigenvalue weighted by molar-refractivity contribution is 0.324. The van der Waals surface area contributed by atoms with Gasteiger partial charge in [-0.1, -0.05) is 16.8 Å². The van der Waals surface area contributed by atoms with Crippen LogP contribution in [0.15, 0.2) is 40.9 Å². The number of benzene rings is 2. The highest BCUT2D eigenvalue weighted by Gasteiger charge is 2.15. The summed E-state index contributed by atoms with van der Waals surface area (Å²) in [7, 11) is 6.24. The van der Waals surface area contributed by atoms with Gasteiger partial charge in [-0.3, -0.25) is 0 Å². The Hall–Kier alpha value is -3.19. The first-order valence-corrected chi connectivity index (χ1v) is 8.63. The van der Waals surface area contributed by atoms with Crippen molar-refractivity contribution in [2.75, 3.05) is 28.4 Å². The number of aromatic nitrogens is 2. The third-order valence-electron chi connectivity index (χ3n) is 3.96. The summed E-state index contributed by atoms with van der Waals surface area (Å²) in [6.45, 7) is 0. The minimum atomic E-state index is 0.196. The SMILES string of the molecule is COc1ccc(-c2noc(/C(Cl)=C/c3cc(OC)c(OC)c(OC)c3)n2)cc1. The van der Waals surface area contributed by atoms with E-state index in [2.05, 4.69) is 10.1 Å². The summed E-state index contributed by atoms with van der Waals surface area (Å²) in [5, 5.41) is 4.26. The minimum Gasteiger partial charge on any atom is -0.497 e. The molecule has 28 heavy (non-hydrogen) atoms. The predicted molar refractivity (Wildman–Crippen MR) is 106 cm³/mol. The third kappa shape index (κ3) is 4.04. The molecule has 0 aliphatic rings. The van der Waals surface area contributed by atoms with Crippen LogP contribution in [0.25, 0.3) is 22.5 Å². The van der Waals surface area contributed by atoms with Gasteiger partial charge in [0.1, 0.15) is 10.8 Å². The van der Waals surface area contributed by atoms with Gasteiger partial charge >= 0.3 is 0 Å². The molecule has 1 aromatic heterocycles. The monoisotopic (exact) mass is 402 g/mol. The highest BCUT2D eigenvalue weighted by Crippen LogP contribution is 2.39. The smallest absolute Gasteiger partial charge is 0.269 e. The zero-order chi connectivity index (χ0) is 20.1. The second kappa shape index (κ2) is 8.67. The van der Waals surface area contributed by atoms with E-state index >= 15 is 0 Å². The second-order valence-corrected chi connectivity index (χ2v) is 6.01. The maximum atomic E-state index is 6.39. The van der Waals surface area contributed by atoms with Crippen LogP contribution in [0.3, 0.4) is 0 Å². The van der Waals surface area contributed by atoms with E-state index in [4.69, 9.17) is 35.1 Å². The Kier molecular flexibility index (Phi) is 6.06. The van der Waals surface area contributed by atoms with E-state index in [1.165, 1.54) is 0 Å². The molecule has 0 bridgehead atoms. The van der Waals surface area contributed by atoms with Crippen molar-refractivity contribution in [2.24, 2.45) is 0 Å². The average Bonchev–Trinajstić information content (AvgIpc) is 3.23. The first-order chi connectivity index (χ1) is 13.6. The summed E-state index contributed by atoms with van der Waals surface area (Å²) < 4.78 is 26.4. The minimum absolute atomic E-state index is 0.196. The summed E-state index contributed by atoms with van der Waals surface area (Å²) in [5.74, 6) is 2.89. The molecule has 8 heteroatoms. The van der Waals surface area contributed by atoms with E-state index in [1.807, 2.05) is 24.3 Å². The molecule has 0 spiro atoms. The topological polar surface area (TPSA) is 75.8 Å². The summed E-state index contributed by atoms with van der Waals surface area (Å²) in [6.07, 6.45) is 1.68. The Morgan fingerprint density at radius 3 is 2.11 bits per heavy atom. The first kappa shape index (κ1) is 19.6. The van der Waals surface area contributed by atoms with E-state index in [9.17, 15) is 0 Å². The van der Waals surface area contributed by atoms with Crippen molar-refractivity contribution in [1.29, 1.82) is 0 Å². The van der Waals surface area contributed by atoms with E-state index in [0.717, 1.165) is 16.9 Å². The van der Waals surface area contributed by atoms with Crippen molar-refractivity contribution in [3.8, 4) is 34.4 Å². The molecule has 0 saturated carbocycles. The molecule has 0 unspecified atom stereocenters. The molecule has 3 aromatic rings. The highest BCUT2D eigenvalue weighted by atomic mass is 35.5. The van der Waals surface area contributed by atoms with E-state index in [0.29, 0.717) is 23.1 Å². The zero-order valence-electron chi connectivity index (χ0n) is 15.9. The van der Waals surface area contributed by atoms with Crippen LogP contribution in [0.4, 0.5) is 0 Å². The molecule has 0 atom stereocenters. The first-order valence-electron chi connectivity index (χ1n) is 8.25. The number of nitrogens with zero attached hydrogens (tertiary/aromatic N) is 2. The molecular weight excluding hydrogens is 384 g/mol. The Morgan fingerprint density at radius 1 is 0.929 bits per heavy atom. The van der Waals surface area contributed by atoms with Crippen LogP contribution < -0.4 is 18.9 Å². The van der Waals surface area contributed by atoms with Crippen molar-refractivity contribution >= 4 is 22.7 Å². The lowest BCUT2D eigenvalue weighted by Crippen LogP contribution is -1.95. The maximum absolute atomic E-state index is 6.39. The summed E-state index contributed by atoms with van der Waals surface area (Å²) >= 11 is 6.39. The lowest BCUT2D eigenvalue weighted by Gasteiger charge is -2.12. The summed E-state index contributed by atoms with van der Waals surface area (Å²) in [6, 6.07) is 10.8. The number of ether oxygens (including phenoxy) is 4. The van der Waals surface area contributed by atoms with Gasteiger partial charge in [0, 0.05) is 5.56 Å². The van der Waals surface area contributed by atoms with Crippen molar-refractivity contribution < 1.29 is 23.5 Å². The van der Waals surface area contributed by atoms with Crippen molar-refractivity contribution in [3.63, 3.8) is 0 Å². The van der Waals surface area contributed by atoms with Gasteiger partial charge in [-0.25, -0.2) is 0 Å². The van der Waals surface area contributed by atoms with E-state index in [-0.39, 0.29) is 10.9 Å².